The van der Waals surface area contributed by atoms with Crippen molar-refractivity contribution in [3.05, 3.63) is 28.4 Å². The highest BCUT2D eigenvalue weighted by atomic mass is 16.8. The van der Waals surface area contributed by atoms with Crippen LogP contribution in [0.4, 0.5) is 11.4 Å². The molecule has 68 valence electrons. The summed E-state index contributed by atoms with van der Waals surface area (Å²) in [6.07, 6.45) is 0. The second-order valence-electron chi connectivity index (χ2n) is 2.23. The van der Waals surface area contributed by atoms with E-state index in [4.69, 9.17) is 15.3 Å². The highest BCUT2D eigenvalue weighted by molar-refractivity contribution is 5.64. The van der Waals surface area contributed by atoms with Gasteiger partial charge in [0.15, 0.2) is 4.98 Å². The molecule has 0 fully saturated rings. The van der Waals surface area contributed by atoms with E-state index in [1.165, 1.54) is 25.3 Å². The molecule has 1 aromatic carbocycles. The topological polar surface area (TPSA) is 83.9 Å². The molecule has 0 saturated carbocycles. The number of benzene rings is 1. The van der Waals surface area contributed by atoms with E-state index in [9.17, 15) is 5.21 Å². The van der Waals surface area contributed by atoms with E-state index >= 15 is 0 Å². The van der Waals surface area contributed by atoms with Gasteiger partial charge in [-0.3, -0.25) is 5.21 Å². The van der Waals surface area contributed by atoms with Gasteiger partial charge >= 0.3 is 5.69 Å². The van der Waals surface area contributed by atoms with Crippen LogP contribution >= 0.6 is 0 Å². The van der Waals surface area contributed by atoms with Crippen molar-refractivity contribution in [2.75, 3.05) is 12.3 Å². The van der Waals surface area contributed by atoms with Gasteiger partial charge < -0.3 is 15.2 Å². The molecule has 1 N–H and O–H groups in total. The first-order valence-electron chi connectivity index (χ1n) is 3.38. The minimum Gasteiger partial charge on any atom is -0.733 e. The summed E-state index contributed by atoms with van der Waals surface area (Å²) in [5, 5.41) is 27.1. The normalized spacial score (nSPS) is 9.08. The summed E-state index contributed by atoms with van der Waals surface area (Å²) >= 11 is 0. The molecule has 0 heterocycles. The molecule has 0 aromatic heterocycles. The summed E-state index contributed by atoms with van der Waals surface area (Å²) in [7, 11) is 1.36. The molecule has 0 bridgehead atoms. The lowest BCUT2D eigenvalue weighted by atomic mass is 10.2. The first kappa shape index (κ1) is 9.25. The Kier molecular flexibility index (Phi) is 2.64. The first-order chi connectivity index (χ1) is 6.19. The number of methoxy groups -OCH3 is 1. The Morgan fingerprint density at radius 1 is 1.62 bits per heavy atom. The number of nitrogens with zero attached hydrogens (tertiary/aromatic N) is 3. The molecule has 0 aliphatic heterocycles. The Morgan fingerprint density at radius 3 is 2.77 bits per heavy atom. The van der Waals surface area contributed by atoms with E-state index in [0.717, 1.165) is 0 Å². The number of hydrogen-bond acceptors (Lipinski definition) is 5. The lowest BCUT2D eigenvalue weighted by molar-refractivity contribution is 0.296. The van der Waals surface area contributed by atoms with Crippen molar-refractivity contribution < 1.29 is 9.94 Å². The molecule has 0 spiro atoms. The van der Waals surface area contributed by atoms with Crippen LogP contribution in [0.25, 0.3) is 4.98 Å². The van der Waals surface area contributed by atoms with Crippen LogP contribution in [0.2, 0.25) is 0 Å². The number of ether oxygens (including phenoxy) is 1. The van der Waals surface area contributed by atoms with Crippen molar-refractivity contribution in [2.24, 2.45) is 0 Å². The lowest BCUT2D eigenvalue weighted by Gasteiger charge is -2.21. The Balaban J connectivity index is 3.15. The second kappa shape index (κ2) is 3.71. The molecular weight excluding hydrogens is 174 g/mol. The van der Waals surface area contributed by atoms with Crippen molar-refractivity contribution in [3.63, 3.8) is 0 Å². The number of hydrogen-bond donors (Lipinski definition) is 1. The van der Waals surface area contributed by atoms with Crippen molar-refractivity contribution in [2.45, 2.75) is 0 Å². The highest BCUT2D eigenvalue weighted by Gasteiger charge is 2.14. The molecule has 0 unspecified atom stereocenters. The maximum absolute atomic E-state index is 10.4. The van der Waals surface area contributed by atoms with Crippen LogP contribution < -0.4 is 9.96 Å². The van der Waals surface area contributed by atoms with Gasteiger partial charge in [-0.2, -0.15) is 0 Å². The average molecular weight is 181 g/mol. The van der Waals surface area contributed by atoms with Crippen molar-refractivity contribution >= 4 is 11.4 Å². The second-order valence-corrected chi connectivity index (χ2v) is 2.23. The SMILES string of the molecule is COc1cc(N([O-])O)ccc1[N+]#N. The molecule has 0 aliphatic carbocycles. The zero-order valence-electron chi connectivity index (χ0n) is 6.84. The van der Waals surface area contributed by atoms with Gasteiger partial charge in [-0.05, 0) is 6.07 Å². The Labute approximate surface area is 74.1 Å². The van der Waals surface area contributed by atoms with Gasteiger partial charge in [-0.25, -0.2) is 0 Å². The molecule has 0 atom stereocenters. The van der Waals surface area contributed by atoms with E-state index in [1.54, 1.807) is 0 Å². The van der Waals surface area contributed by atoms with E-state index in [-0.39, 0.29) is 22.4 Å². The molecule has 6 heteroatoms. The monoisotopic (exact) mass is 181 g/mol. The summed E-state index contributed by atoms with van der Waals surface area (Å²) in [5.74, 6) is 0.204. The Bertz CT molecular complexity index is 345. The van der Waals surface area contributed by atoms with Crippen molar-refractivity contribution in [1.29, 1.82) is 5.39 Å². The van der Waals surface area contributed by atoms with Crippen molar-refractivity contribution in [1.82, 2.24) is 0 Å². The van der Waals surface area contributed by atoms with E-state index in [2.05, 4.69) is 4.98 Å². The fourth-order valence-corrected chi connectivity index (χ4v) is 0.868. The van der Waals surface area contributed by atoms with Crippen LogP contribution in [-0.2, 0) is 0 Å². The third-order valence-electron chi connectivity index (χ3n) is 1.49. The molecule has 0 saturated heterocycles. The fraction of sp³-hybridized carbons (Fsp3) is 0.143. The minimum atomic E-state index is -0.302. The van der Waals surface area contributed by atoms with Gasteiger partial charge in [0.25, 0.3) is 0 Å². The van der Waals surface area contributed by atoms with E-state index in [0.29, 0.717) is 0 Å². The van der Waals surface area contributed by atoms with Crippen LogP contribution in [0.15, 0.2) is 18.2 Å². The van der Waals surface area contributed by atoms with Crippen LogP contribution in [0.3, 0.4) is 0 Å². The summed E-state index contributed by atoms with van der Waals surface area (Å²) in [6.45, 7) is 0. The van der Waals surface area contributed by atoms with Gasteiger partial charge in [0.1, 0.15) is 0 Å². The van der Waals surface area contributed by atoms with Gasteiger partial charge in [0, 0.05) is 12.1 Å². The molecular formula is C7H7N3O3. The highest BCUT2D eigenvalue weighted by Crippen LogP contribution is 2.31. The Hall–Kier alpha value is -1.84. The van der Waals surface area contributed by atoms with Gasteiger partial charge in [-0.15, -0.1) is 0 Å². The van der Waals surface area contributed by atoms with E-state index in [1.807, 2.05) is 0 Å². The van der Waals surface area contributed by atoms with Crippen LogP contribution in [0.5, 0.6) is 5.75 Å². The smallest absolute Gasteiger partial charge is 0.426 e. The molecule has 1 aromatic rings. The predicted molar refractivity (Wildman–Crippen MR) is 45.4 cm³/mol. The third kappa shape index (κ3) is 1.84. The summed E-state index contributed by atoms with van der Waals surface area (Å²) in [6, 6.07) is 3.89. The minimum absolute atomic E-state index is 0.00394. The fourth-order valence-electron chi connectivity index (χ4n) is 0.868. The molecule has 0 aliphatic rings. The first-order valence-corrected chi connectivity index (χ1v) is 3.38. The maximum atomic E-state index is 10.4. The maximum Gasteiger partial charge on any atom is 0.426 e. The standard InChI is InChI=1S/C7H7N3O3/c1-13-7-4-5(10(11)12)2-3-6(7)9-8/h2-4,11H,1H3. The zero-order chi connectivity index (χ0) is 9.84. The van der Waals surface area contributed by atoms with Gasteiger partial charge in [0.05, 0.1) is 12.8 Å². The predicted octanol–water partition coefficient (Wildman–Crippen LogP) is 1.87. The molecule has 1 rings (SSSR count). The summed E-state index contributed by atoms with van der Waals surface area (Å²) < 4.78 is 4.80. The van der Waals surface area contributed by atoms with Crippen LogP contribution in [0.1, 0.15) is 0 Å². The number of diazo groups is 1. The molecule has 0 radical (unpaired) electrons. The average Bonchev–Trinajstić information content (AvgIpc) is 2.16. The van der Waals surface area contributed by atoms with E-state index < -0.39 is 0 Å². The Morgan fingerprint density at radius 2 is 2.31 bits per heavy atom. The number of anilines is 1. The summed E-state index contributed by atoms with van der Waals surface area (Å²) in [4.78, 5) is 2.91. The number of rotatable bonds is 2. The molecule has 13 heavy (non-hydrogen) atoms. The molecule has 6 nitrogen and oxygen atoms in total. The van der Waals surface area contributed by atoms with Crippen LogP contribution in [0, 0.1) is 10.6 Å². The lowest BCUT2D eigenvalue weighted by Crippen LogP contribution is -2.06. The summed E-state index contributed by atoms with van der Waals surface area (Å²) in [5.41, 5.74) is 0.192. The quantitative estimate of drug-likeness (QED) is 0.556. The van der Waals surface area contributed by atoms with Gasteiger partial charge in [0.2, 0.25) is 11.1 Å². The molecule has 0 amide bonds. The van der Waals surface area contributed by atoms with Gasteiger partial charge in [-0.1, -0.05) is 0 Å². The van der Waals surface area contributed by atoms with Crippen molar-refractivity contribution in [3.8, 4) is 5.75 Å². The third-order valence-corrected chi connectivity index (χ3v) is 1.49. The van der Waals surface area contributed by atoms with Crippen LogP contribution in [-0.4, -0.2) is 12.3 Å². The zero-order valence-corrected chi connectivity index (χ0v) is 6.84. The largest absolute Gasteiger partial charge is 0.733 e.